The summed E-state index contributed by atoms with van der Waals surface area (Å²) in [5.41, 5.74) is 3.41. The van der Waals surface area contributed by atoms with Gasteiger partial charge >= 0.3 is 0 Å². The van der Waals surface area contributed by atoms with Crippen LogP contribution in [-0.2, 0) is 6.42 Å². The van der Waals surface area contributed by atoms with Gasteiger partial charge in [0.05, 0.1) is 6.20 Å². The molecule has 1 aliphatic carbocycles. The predicted octanol–water partition coefficient (Wildman–Crippen LogP) is 3.49. The van der Waals surface area contributed by atoms with E-state index in [1.54, 1.807) is 12.3 Å². The van der Waals surface area contributed by atoms with Crippen molar-refractivity contribution in [3.8, 4) is 11.3 Å². The van der Waals surface area contributed by atoms with E-state index in [2.05, 4.69) is 56.0 Å². The quantitative estimate of drug-likeness (QED) is 0.414. The van der Waals surface area contributed by atoms with Crippen LogP contribution in [0, 0.1) is 0 Å². The summed E-state index contributed by atoms with van der Waals surface area (Å²) in [4.78, 5) is 25.3. The number of aromatic amines is 1. The minimum atomic E-state index is -0.0293. The Labute approximate surface area is 210 Å². The van der Waals surface area contributed by atoms with E-state index >= 15 is 0 Å². The van der Waals surface area contributed by atoms with Crippen LogP contribution in [0.2, 0.25) is 0 Å². The molecule has 4 heterocycles. The summed E-state index contributed by atoms with van der Waals surface area (Å²) >= 11 is 0. The summed E-state index contributed by atoms with van der Waals surface area (Å²) in [5, 5.41) is 15.4. The summed E-state index contributed by atoms with van der Waals surface area (Å²) < 4.78 is 1.90. The topological polar surface area (TPSA) is 105 Å². The van der Waals surface area contributed by atoms with E-state index in [0.29, 0.717) is 23.3 Å². The van der Waals surface area contributed by atoms with Gasteiger partial charge in [0.25, 0.3) is 5.56 Å². The van der Waals surface area contributed by atoms with Crippen LogP contribution in [0.4, 0.5) is 5.95 Å². The maximum absolute atomic E-state index is 13.3. The van der Waals surface area contributed by atoms with Crippen molar-refractivity contribution in [2.75, 3.05) is 24.5 Å². The Morgan fingerprint density at radius 1 is 1.03 bits per heavy atom. The van der Waals surface area contributed by atoms with Crippen molar-refractivity contribution in [1.29, 1.82) is 0 Å². The van der Waals surface area contributed by atoms with E-state index in [1.165, 1.54) is 5.56 Å². The van der Waals surface area contributed by atoms with E-state index in [0.717, 1.165) is 75.5 Å². The third-order valence-electron chi connectivity index (χ3n) is 7.63. The van der Waals surface area contributed by atoms with Gasteiger partial charge in [-0.2, -0.15) is 20.4 Å². The lowest BCUT2D eigenvalue weighted by molar-refractivity contribution is 0.415. The minimum absolute atomic E-state index is 0.0293. The molecule has 0 amide bonds. The maximum Gasteiger partial charge on any atom is 0.253 e. The first kappa shape index (κ1) is 22.8. The van der Waals surface area contributed by atoms with Gasteiger partial charge in [0.1, 0.15) is 11.3 Å². The van der Waals surface area contributed by atoms with Crippen LogP contribution in [0.15, 0.2) is 53.6 Å². The van der Waals surface area contributed by atoms with Crippen molar-refractivity contribution in [3.63, 3.8) is 0 Å². The molecule has 3 aromatic heterocycles. The molecule has 9 heteroatoms. The fourth-order valence-corrected chi connectivity index (χ4v) is 5.67. The standard InChI is InChI=1S/C27H32N8O/c36-25-16-22(24-18-30-33-32-24)23-17-29-27(31-26(23)35(25)21-8-4-5-9-21)34-14-11-20(12-15-34)28-13-10-19-6-2-1-3-7-19/h1-3,6-7,16-18,20-21,28H,4-5,8-15H2,(H,30,32,33). The van der Waals surface area contributed by atoms with Crippen LogP contribution in [-0.4, -0.2) is 55.6 Å². The first-order chi connectivity index (χ1) is 17.8. The van der Waals surface area contributed by atoms with Crippen molar-refractivity contribution in [1.82, 2.24) is 35.3 Å². The molecule has 0 spiro atoms. The molecule has 186 valence electrons. The molecule has 0 atom stereocenters. The van der Waals surface area contributed by atoms with Gasteiger partial charge in [0.15, 0.2) is 0 Å². The summed E-state index contributed by atoms with van der Waals surface area (Å²) in [6, 6.07) is 13.0. The number of pyridine rings is 1. The number of fused-ring (bicyclic) bond motifs is 1. The molecule has 1 aliphatic heterocycles. The number of anilines is 1. The number of piperidine rings is 1. The highest BCUT2D eigenvalue weighted by molar-refractivity contribution is 5.91. The van der Waals surface area contributed by atoms with Crippen molar-refractivity contribution < 1.29 is 0 Å². The minimum Gasteiger partial charge on any atom is -0.341 e. The van der Waals surface area contributed by atoms with Crippen LogP contribution in [0.1, 0.15) is 50.1 Å². The molecule has 1 saturated heterocycles. The largest absolute Gasteiger partial charge is 0.341 e. The molecular weight excluding hydrogens is 452 g/mol. The Balaban J connectivity index is 1.22. The van der Waals surface area contributed by atoms with E-state index in [4.69, 9.17) is 9.97 Å². The summed E-state index contributed by atoms with van der Waals surface area (Å²) in [6.07, 6.45) is 10.9. The average Bonchev–Trinajstić information content (AvgIpc) is 3.64. The van der Waals surface area contributed by atoms with E-state index < -0.39 is 0 Å². The molecule has 1 saturated carbocycles. The molecule has 4 aromatic rings. The molecule has 2 fully saturated rings. The highest BCUT2D eigenvalue weighted by Gasteiger charge is 2.25. The second kappa shape index (κ2) is 10.2. The Kier molecular flexibility index (Phi) is 6.46. The van der Waals surface area contributed by atoms with E-state index in [1.807, 2.05) is 10.8 Å². The third-order valence-corrected chi connectivity index (χ3v) is 7.63. The summed E-state index contributed by atoms with van der Waals surface area (Å²) in [7, 11) is 0. The van der Waals surface area contributed by atoms with Crippen LogP contribution >= 0.6 is 0 Å². The molecular formula is C27H32N8O. The van der Waals surface area contributed by atoms with E-state index in [-0.39, 0.29) is 11.6 Å². The Bertz CT molecular complexity index is 1350. The maximum atomic E-state index is 13.3. The predicted molar refractivity (Wildman–Crippen MR) is 140 cm³/mol. The number of hydrogen-bond acceptors (Lipinski definition) is 7. The Morgan fingerprint density at radius 2 is 1.83 bits per heavy atom. The second-order valence-corrected chi connectivity index (χ2v) is 9.92. The monoisotopic (exact) mass is 484 g/mol. The van der Waals surface area contributed by atoms with Crippen LogP contribution < -0.4 is 15.8 Å². The number of nitrogens with zero attached hydrogens (tertiary/aromatic N) is 6. The first-order valence-electron chi connectivity index (χ1n) is 13.1. The van der Waals surface area contributed by atoms with Gasteiger partial charge in [0, 0.05) is 48.4 Å². The SMILES string of the molecule is O=c1cc(-c2cn[nH]n2)c2cnc(N3CCC(NCCc4ccccc4)CC3)nc2n1C1CCCC1. The highest BCUT2D eigenvalue weighted by Crippen LogP contribution is 2.33. The van der Waals surface area contributed by atoms with Crippen LogP contribution in [0.25, 0.3) is 22.3 Å². The smallest absolute Gasteiger partial charge is 0.253 e. The Morgan fingerprint density at radius 3 is 2.58 bits per heavy atom. The number of nitrogens with one attached hydrogen (secondary N) is 2. The van der Waals surface area contributed by atoms with Crippen molar-refractivity contribution in [2.24, 2.45) is 0 Å². The normalized spacial score (nSPS) is 17.3. The molecule has 0 bridgehead atoms. The van der Waals surface area contributed by atoms with E-state index in [9.17, 15) is 4.79 Å². The number of aromatic nitrogens is 6. The van der Waals surface area contributed by atoms with Gasteiger partial charge in [-0.1, -0.05) is 43.2 Å². The molecule has 2 aliphatic rings. The lowest BCUT2D eigenvalue weighted by atomic mass is 10.0. The average molecular weight is 485 g/mol. The zero-order valence-electron chi connectivity index (χ0n) is 20.4. The molecule has 0 radical (unpaired) electrons. The van der Waals surface area contributed by atoms with Gasteiger partial charge < -0.3 is 10.2 Å². The molecule has 1 aromatic carbocycles. The van der Waals surface area contributed by atoms with Gasteiger partial charge in [-0.3, -0.25) is 9.36 Å². The molecule has 2 N–H and O–H groups in total. The number of benzene rings is 1. The lowest BCUT2D eigenvalue weighted by Gasteiger charge is -2.32. The number of rotatable bonds is 7. The zero-order valence-corrected chi connectivity index (χ0v) is 20.4. The lowest BCUT2D eigenvalue weighted by Crippen LogP contribution is -2.43. The van der Waals surface area contributed by atoms with Crippen LogP contribution in [0.3, 0.4) is 0 Å². The van der Waals surface area contributed by atoms with Gasteiger partial charge in [0.2, 0.25) is 5.95 Å². The van der Waals surface area contributed by atoms with Gasteiger partial charge in [-0.25, -0.2) is 4.98 Å². The zero-order chi connectivity index (χ0) is 24.3. The van der Waals surface area contributed by atoms with Gasteiger partial charge in [-0.15, -0.1) is 0 Å². The fraction of sp³-hybridized carbons (Fsp3) is 0.444. The summed E-state index contributed by atoms with van der Waals surface area (Å²) in [5.74, 6) is 0.702. The molecule has 6 rings (SSSR count). The first-order valence-corrected chi connectivity index (χ1v) is 13.1. The van der Waals surface area contributed by atoms with Crippen molar-refractivity contribution in [2.45, 2.75) is 57.0 Å². The van der Waals surface area contributed by atoms with Gasteiger partial charge in [-0.05, 0) is 44.2 Å². The Hall–Kier alpha value is -3.59. The fourth-order valence-electron chi connectivity index (χ4n) is 5.67. The van der Waals surface area contributed by atoms with Crippen molar-refractivity contribution >= 4 is 17.0 Å². The molecule has 0 unspecified atom stereocenters. The second-order valence-electron chi connectivity index (χ2n) is 9.92. The van der Waals surface area contributed by atoms with Crippen molar-refractivity contribution in [3.05, 3.63) is 64.7 Å². The molecule has 36 heavy (non-hydrogen) atoms. The molecule has 9 nitrogen and oxygen atoms in total. The third kappa shape index (κ3) is 4.63. The summed E-state index contributed by atoms with van der Waals surface area (Å²) in [6.45, 7) is 2.77. The van der Waals surface area contributed by atoms with Crippen LogP contribution in [0.5, 0.6) is 0 Å². The number of H-pyrrole nitrogens is 1. The number of hydrogen-bond donors (Lipinski definition) is 2. The highest BCUT2D eigenvalue weighted by atomic mass is 16.1.